The largest absolute Gasteiger partial charge is 0.302 e. The summed E-state index contributed by atoms with van der Waals surface area (Å²) in [7, 11) is -3.35. The average molecular weight is 375 g/mol. The van der Waals surface area contributed by atoms with E-state index < -0.39 is 27.6 Å². The lowest BCUT2D eigenvalue weighted by atomic mass is 9.99. The van der Waals surface area contributed by atoms with Crippen molar-refractivity contribution in [3.05, 3.63) is 23.8 Å². The molecule has 24 heavy (non-hydrogen) atoms. The Balaban J connectivity index is 1.76. The molecule has 0 bridgehead atoms. The predicted octanol–water partition coefficient (Wildman–Crippen LogP) is 2.18. The molecule has 6 nitrogen and oxygen atoms in total. The Kier molecular flexibility index (Phi) is 4.54. The normalized spacial score (nSPS) is 19.5. The van der Waals surface area contributed by atoms with Gasteiger partial charge in [-0.1, -0.05) is 11.3 Å². The predicted molar refractivity (Wildman–Crippen MR) is 87.3 cm³/mol. The number of rotatable bonds is 3. The van der Waals surface area contributed by atoms with Gasteiger partial charge in [-0.2, -0.15) is 0 Å². The van der Waals surface area contributed by atoms with Crippen molar-refractivity contribution in [2.24, 2.45) is 5.92 Å². The van der Waals surface area contributed by atoms with Crippen molar-refractivity contribution >= 4 is 42.6 Å². The zero-order valence-corrected chi connectivity index (χ0v) is 14.4. The average Bonchev–Trinajstić information content (AvgIpc) is 2.89. The van der Waals surface area contributed by atoms with Gasteiger partial charge in [-0.05, 0) is 18.9 Å². The fraction of sp³-hybridized carbons (Fsp3) is 0.429. The number of fused-ring (bicyclic) bond motifs is 1. The van der Waals surface area contributed by atoms with Crippen molar-refractivity contribution < 1.29 is 22.0 Å². The summed E-state index contributed by atoms with van der Waals surface area (Å²) in [6, 6.07) is 1.89. The highest BCUT2D eigenvalue weighted by Crippen LogP contribution is 2.29. The SMILES string of the molecule is CS(=O)(=O)N1CCCC(C(=O)Nc2nc3c(F)cc(F)cc3s2)C1. The van der Waals surface area contributed by atoms with Crippen LogP contribution < -0.4 is 5.32 Å². The van der Waals surface area contributed by atoms with Crippen LogP contribution in [0.4, 0.5) is 13.9 Å². The lowest BCUT2D eigenvalue weighted by molar-refractivity contribution is -0.120. The van der Waals surface area contributed by atoms with Crippen molar-refractivity contribution in [3.63, 3.8) is 0 Å². The third kappa shape index (κ3) is 3.55. The van der Waals surface area contributed by atoms with Crippen LogP contribution in [0.15, 0.2) is 12.1 Å². The monoisotopic (exact) mass is 375 g/mol. The van der Waals surface area contributed by atoms with Gasteiger partial charge in [0.05, 0.1) is 16.9 Å². The van der Waals surface area contributed by atoms with E-state index in [0.717, 1.165) is 29.7 Å². The molecule has 1 aliphatic rings. The summed E-state index contributed by atoms with van der Waals surface area (Å²) in [4.78, 5) is 16.3. The number of anilines is 1. The van der Waals surface area contributed by atoms with Crippen LogP contribution in [-0.2, 0) is 14.8 Å². The van der Waals surface area contributed by atoms with E-state index in [0.29, 0.717) is 24.1 Å². The molecule has 0 saturated carbocycles. The van der Waals surface area contributed by atoms with Gasteiger partial charge < -0.3 is 5.32 Å². The third-order valence-corrected chi connectivity index (χ3v) is 6.05. The lowest BCUT2D eigenvalue weighted by Crippen LogP contribution is -2.43. The molecule has 3 rings (SSSR count). The second-order valence-corrected chi connectivity index (χ2v) is 8.72. The molecule has 2 heterocycles. The highest BCUT2D eigenvalue weighted by atomic mass is 32.2. The van der Waals surface area contributed by atoms with Crippen LogP contribution in [0.2, 0.25) is 0 Å². The van der Waals surface area contributed by atoms with E-state index in [4.69, 9.17) is 0 Å². The first-order valence-corrected chi connectivity index (χ1v) is 9.92. The van der Waals surface area contributed by atoms with Crippen LogP contribution in [0, 0.1) is 17.6 Å². The summed E-state index contributed by atoms with van der Waals surface area (Å²) in [6.45, 7) is 0.507. The van der Waals surface area contributed by atoms with Crippen LogP contribution in [0.25, 0.3) is 10.2 Å². The number of carbonyl (C=O) groups excluding carboxylic acids is 1. The molecule has 1 N–H and O–H groups in total. The van der Waals surface area contributed by atoms with Gasteiger partial charge in [0.2, 0.25) is 15.9 Å². The van der Waals surface area contributed by atoms with Crippen molar-refractivity contribution in [2.75, 3.05) is 24.7 Å². The zero-order valence-electron chi connectivity index (χ0n) is 12.8. The van der Waals surface area contributed by atoms with Gasteiger partial charge in [-0.3, -0.25) is 4.79 Å². The molecule has 1 fully saturated rings. The van der Waals surface area contributed by atoms with E-state index in [1.807, 2.05) is 0 Å². The Morgan fingerprint density at radius 2 is 2.17 bits per heavy atom. The molecule has 0 spiro atoms. The summed E-state index contributed by atoms with van der Waals surface area (Å²) in [6.07, 6.45) is 2.26. The molecule has 1 aliphatic heterocycles. The number of sulfonamides is 1. The number of nitrogens with zero attached hydrogens (tertiary/aromatic N) is 2. The van der Waals surface area contributed by atoms with E-state index in [9.17, 15) is 22.0 Å². The fourth-order valence-corrected chi connectivity index (χ4v) is 4.50. The molecule has 1 saturated heterocycles. The summed E-state index contributed by atoms with van der Waals surface area (Å²) in [5, 5.41) is 2.74. The second kappa shape index (κ2) is 6.34. The molecule has 130 valence electrons. The van der Waals surface area contributed by atoms with Crippen molar-refractivity contribution in [1.29, 1.82) is 0 Å². The quantitative estimate of drug-likeness (QED) is 0.892. The second-order valence-electron chi connectivity index (χ2n) is 5.70. The van der Waals surface area contributed by atoms with Crippen LogP contribution in [0.3, 0.4) is 0 Å². The molecule has 1 unspecified atom stereocenters. The van der Waals surface area contributed by atoms with E-state index in [1.165, 1.54) is 4.31 Å². The number of carbonyl (C=O) groups is 1. The first kappa shape index (κ1) is 17.2. The summed E-state index contributed by atoms with van der Waals surface area (Å²) in [5.41, 5.74) is -0.00175. The number of aromatic nitrogens is 1. The Hall–Kier alpha value is -1.65. The maximum atomic E-state index is 13.7. The maximum Gasteiger partial charge on any atom is 0.230 e. The van der Waals surface area contributed by atoms with E-state index in [-0.39, 0.29) is 23.1 Å². The standard InChI is InChI=1S/C14H15F2N3O3S2/c1-24(21,22)19-4-2-3-8(7-19)13(20)18-14-17-12-10(16)5-9(15)6-11(12)23-14/h5-6,8H,2-4,7H2,1H3,(H,17,18,20). The Morgan fingerprint density at radius 3 is 2.88 bits per heavy atom. The molecular formula is C14H15F2N3O3S2. The maximum absolute atomic E-state index is 13.7. The van der Waals surface area contributed by atoms with Crippen LogP contribution in [0.5, 0.6) is 0 Å². The number of amides is 1. The van der Waals surface area contributed by atoms with Crippen molar-refractivity contribution in [2.45, 2.75) is 12.8 Å². The van der Waals surface area contributed by atoms with Gasteiger partial charge in [0.25, 0.3) is 0 Å². The smallest absolute Gasteiger partial charge is 0.230 e. The molecule has 1 aromatic carbocycles. The van der Waals surface area contributed by atoms with E-state index in [2.05, 4.69) is 10.3 Å². The van der Waals surface area contributed by atoms with Crippen LogP contribution >= 0.6 is 11.3 Å². The van der Waals surface area contributed by atoms with Crippen LogP contribution in [-0.4, -0.2) is 43.0 Å². The van der Waals surface area contributed by atoms with Gasteiger partial charge in [-0.25, -0.2) is 26.5 Å². The number of hydrogen-bond donors (Lipinski definition) is 1. The molecule has 10 heteroatoms. The van der Waals surface area contributed by atoms with Crippen molar-refractivity contribution in [3.8, 4) is 0 Å². The number of halogens is 2. The third-order valence-electron chi connectivity index (χ3n) is 3.87. The number of hydrogen-bond acceptors (Lipinski definition) is 5. The van der Waals surface area contributed by atoms with Gasteiger partial charge >= 0.3 is 0 Å². The summed E-state index contributed by atoms with van der Waals surface area (Å²) in [5.74, 6) is -2.37. The van der Waals surface area contributed by atoms with E-state index >= 15 is 0 Å². The number of nitrogens with one attached hydrogen (secondary N) is 1. The first-order chi connectivity index (χ1) is 11.2. The first-order valence-electron chi connectivity index (χ1n) is 7.25. The molecule has 0 radical (unpaired) electrons. The van der Waals surface area contributed by atoms with E-state index in [1.54, 1.807) is 0 Å². The minimum atomic E-state index is -3.35. The topological polar surface area (TPSA) is 79.4 Å². The molecule has 1 amide bonds. The van der Waals surface area contributed by atoms with Gasteiger partial charge in [-0.15, -0.1) is 0 Å². The zero-order chi connectivity index (χ0) is 17.5. The van der Waals surface area contributed by atoms with Gasteiger partial charge in [0.15, 0.2) is 10.9 Å². The molecule has 0 aliphatic carbocycles. The number of piperidine rings is 1. The molecule has 1 aromatic heterocycles. The highest BCUT2D eigenvalue weighted by Gasteiger charge is 2.30. The van der Waals surface area contributed by atoms with Gasteiger partial charge in [0, 0.05) is 19.2 Å². The summed E-state index contributed by atoms with van der Waals surface area (Å²) < 4.78 is 51.6. The van der Waals surface area contributed by atoms with Gasteiger partial charge in [0.1, 0.15) is 11.3 Å². The lowest BCUT2D eigenvalue weighted by Gasteiger charge is -2.29. The summed E-state index contributed by atoms with van der Waals surface area (Å²) >= 11 is 0.969. The fourth-order valence-electron chi connectivity index (χ4n) is 2.68. The number of benzene rings is 1. The Morgan fingerprint density at radius 1 is 1.42 bits per heavy atom. The van der Waals surface area contributed by atoms with Crippen LogP contribution in [0.1, 0.15) is 12.8 Å². The Bertz CT molecular complexity index is 898. The molecular weight excluding hydrogens is 360 g/mol. The molecule has 1 atom stereocenters. The Labute approximate surface area is 141 Å². The molecule has 2 aromatic rings. The van der Waals surface area contributed by atoms with Crippen molar-refractivity contribution in [1.82, 2.24) is 9.29 Å². The minimum absolute atomic E-state index is 0.00175. The minimum Gasteiger partial charge on any atom is -0.302 e. The number of thiazole rings is 1. The highest BCUT2D eigenvalue weighted by molar-refractivity contribution is 7.88.